The molecule has 1 aliphatic heterocycles. The fourth-order valence-corrected chi connectivity index (χ4v) is 4.43. The molecule has 0 aliphatic carbocycles. The second-order valence-electron chi connectivity index (χ2n) is 9.07. The van der Waals surface area contributed by atoms with Gasteiger partial charge in [-0.05, 0) is 55.8 Å². The number of ether oxygens (including phenoxy) is 3. The van der Waals surface area contributed by atoms with Crippen LogP contribution in [0.15, 0.2) is 54.7 Å². The second-order valence-corrected chi connectivity index (χ2v) is 9.47. The van der Waals surface area contributed by atoms with E-state index >= 15 is 0 Å². The number of esters is 1. The fraction of sp³-hybridized carbons (Fsp3) is 0.357. The van der Waals surface area contributed by atoms with Gasteiger partial charge in [-0.25, -0.2) is 14.2 Å². The van der Waals surface area contributed by atoms with Crippen LogP contribution in [0.3, 0.4) is 0 Å². The van der Waals surface area contributed by atoms with E-state index in [9.17, 15) is 9.18 Å². The zero-order chi connectivity index (χ0) is 26.4. The summed E-state index contributed by atoms with van der Waals surface area (Å²) < 4.78 is 30.8. The molecule has 1 saturated heterocycles. The van der Waals surface area contributed by atoms with Crippen molar-refractivity contribution in [3.63, 3.8) is 0 Å². The van der Waals surface area contributed by atoms with Crippen molar-refractivity contribution in [2.24, 2.45) is 0 Å². The Kier molecular flexibility index (Phi) is 8.84. The Hall–Kier alpha value is -3.36. The second kappa shape index (κ2) is 12.3. The molecular formula is C28H31ClFN3O4. The molecule has 0 amide bonds. The zero-order valence-electron chi connectivity index (χ0n) is 21.2. The Morgan fingerprint density at radius 2 is 1.86 bits per heavy atom. The van der Waals surface area contributed by atoms with E-state index in [1.807, 2.05) is 32.0 Å². The first-order valence-electron chi connectivity index (χ1n) is 12.2. The molecule has 0 saturated carbocycles. The minimum absolute atomic E-state index is 0.00337. The first-order valence-corrected chi connectivity index (χ1v) is 12.6. The summed E-state index contributed by atoms with van der Waals surface area (Å²) in [5.41, 5.74) is 1.86. The monoisotopic (exact) mass is 527 g/mol. The highest BCUT2D eigenvalue weighted by Gasteiger charge is 2.24. The molecule has 3 aromatic rings. The molecule has 7 nitrogen and oxygen atoms in total. The molecule has 37 heavy (non-hydrogen) atoms. The largest absolute Gasteiger partial charge is 0.493 e. The smallest absolute Gasteiger partial charge is 0.342 e. The highest BCUT2D eigenvalue weighted by atomic mass is 35.5. The highest BCUT2D eigenvalue weighted by molar-refractivity contribution is 6.31. The predicted molar refractivity (Wildman–Crippen MR) is 141 cm³/mol. The van der Waals surface area contributed by atoms with Gasteiger partial charge in [-0.15, -0.1) is 0 Å². The van der Waals surface area contributed by atoms with Gasteiger partial charge in [0.25, 0.3) is 0 Å². The lowest BCUT2D eigenvalue weighted by atomic mass is 10.1. The van der Waals surface area contributed by atoms with Crippen molar-refractivity contribution in [2.75, 3.05) is 38.2 Å². The normalized spacial score (nSPS) is 14.1. The quantitative estimate of drug-likeness (QED) is 0.348. The van der Waals surface area contributed by atoms with E-state index in [0.29, 0.717) is 33.5 Å². The molecule has 0 spiro atoms. The molecule has 0 N–H and O–H groups in total. The van der Waals surface area contributed by atoms with E-state index in [4.69, 9.17) is 25.8 Å². The minimum atomic E-state index is -0.406. The molecular weight excluding hydrogens is 497 g/mol. The molecule has 0 unspecified atom stereocenters. The van der Waals surface area contributed by atoms with Gasteiger partial charge in [-0.1, -0.05) is 23.7 Å². The summed E-state index contributed by atoms with van der Waals surface area (Å²) in [6.45, 7) is 7.49. The van der Waals surface area contributed by atoms with E-state index < -0.39 is 5.82 Å². The van der Waals surface area contributed by atoms with E-state index in [1.54, 1.807) is 37.6 Å². The maximum Gasteiger partial charge on any atom is 0.342 e. The van der Waals surface area contributed by atoms with Crippen LogP contribution in [0.2, 0.25) is 5.02 Å². The van der Waals surface area contributed by atoms with Crippen LogP contribution in [0.1, 0.15) is 35.3 Å². The van der Waals surface area contributed by atoms with Gasteiger partial charge in [0.15, 0.2) is 11.5 Å². The van der Waals surface area contributed by atoms with Crippen LogP contribution in [-0.2, 0) is 17.9 Å². The predicted octanol–water partition coefficient (Wildman–Crippen LogP) is 5.35. The highest BCUT2D eigenvalue weighted by Crippen LogP contribution is 2.31. The number of anilines is 1. The molecule has 1 aromatic heterocycles. The molecule has 4 rings (SSSR count). The summed E-state index contributed by atoms with van der Waals surface area (Å²) in [5, 5.41) is 0.323. The summed E-state index contributed by atoms with van der Waals surface area (Å²) in [7, 11) is 1.58. The number of carbonyl (C=O) groups excluding carboxylic acids is 1. The van der Waals surface area contributed by atoms with Crippen molar-refractivity contribution < 1.29 is 23.4 Å². The molecule has 9 heteroatoms. The van der Waals surface area contributed by atoms with Gasteiger partial charge >= 0.3 is 5.97 Å². The van der Waals surface area contributed by atoms with Gasteiger partial charge in [0, 0.05) is 44.5 Å². The standard InChI is InChI=1S/C28H31ClFN3O4/c1-19(2)37-28(34)21-6-5-11-31-27(21)33-14-12-32(13-15-33)17-20-9-10-25(26(16-20)35-3)36-18-22-23(29)7-4-8-24(22)30/h4-11,16,19H,12-15,17-18H2,1-3H3. The van der Waals surface area contributed by atoms with Gasteiger partial charge in [-0.2, -0.15) is 0 Å². The fourth-order valence-electron chi connectivity index (χ4n) is 4.21. The van der Waals surface area contributed by atoms with Crippen LogP contribution in [0.5, 0.6) is 11.5 Å². The number of pyridine rings is 1. The van der Waals surface area contributed by atoms with Crippen molar-refractivity contribution in [3.8, 4) is 11.5 Å². The minimum Gasteiger partial charge on any atom is -0.493 e. The summed E-state index contributed by atoms with van der Waals surface area (Å²) >= 11 is 6.11. The third-order valence-corrected chi connectivity index (χ3v) is 6.44. The molecule has 196 valence electrons. The average Bonchev–Trinajstić information content (AvgIpc) is 2.89. The van der Waals surface area contributed by atoms with Crippen LogP contribution in [0.25, 0.3) is 0 Å². The maximum atomic E-state index is 14.1. The Bertz CT molecular complexity index is 1210. The number of methoxy groups -OCH3 is 1. The lowest BCUT2D eigenvalue weighted by Crippen LogP contribution is -2.46. The number of aromatic nitrogens is 1. The van der Waals surface area contributed by atoms with E-state index in [-0.39, 0.29) is 18.7 Å². The Balaban J connectivity index is 1.36. The molecule has 0 radical (unpaired) electrons. The number of nitrogens with zero attached hydrogens (tertiary/aromatic N) is 3. The number of piperazine rings is 1. The Labute approximate surface area is 221 Å². The zero-order valence-corrected chi connectivity index (χ0v) is 22.0. The van der Waals surface area contributed by atoms with Crippen LogP contribution in [0, 0.1) is 5.82 Å². The Morgan fingerprint density at radius 1 is 1.08 bits per heavy atom. The van der Waals surface area contributed by atoms with Gasteiger partial charge in [-0.3, -0.25) is 4.90 Å². The summed E-state index contributed by atoms with van der Waals surface area (Å²) in [4.78, 5) is 21.4. The molecule has 2 aromatic carbocycles. The van der Waals surface area contributed by atoms with Gasteiger partial charge in [0.05, 0.1) is 18.2 Å². The molecule has 2 heterocycles. The number of benzene rings is 2. The third-order valence-electron chi connectivity index (χ3n) is 6.09. The van der Waals surface area contributed by atoms with Gasteiger partial charge in [0.2, 0.25) is 0 Å². The van der Waals surface area contributed by atoms with Crippen molar-refractivity contribution in [3.05, 3.63) is 82.3 Å². The summed E-state index contributed by atoms with van der Waals surface area (Å²) in [5.74, 6) is 0.992. The van der Waals surface area contributed by atoms with Crippen molar-refractivity contribution in [1.29, 1.82) is 0 Å². The maximum absolute atomic E-state index is 14.1. The molecule has 0 bridgehead atoms. The SMILES string of the molecule is COc1cc(CN2CCN(c3ncccc3C(=O)OC(C)C)CC2)ccc1OCc1c(F)cccc1Cl. The number of hydrogen-bond donors (Lipinski definition) is 0. The Morgan fingerprint density at radius 3 is 2.57 bits per heavy atom. The first-order chi connectivity index (χ1) is 17.9. The lowest BCUT2D eigenvalue weighted by molar-refractivity contribution is 0.0378. The summed E-state index contributed by atoms with van der Waals surface area (Å²) in [6, 6.07) is 13.8. The van der Waals surface area contributed by atoms with Gasteiger partial charge in [0.1, 0.15) is 23.8 Å². The van der Waals surface area contributed by atoms with Crippen molar-refractivity contribution >= 4 is 23.4 Å². The molecule has 1 fully saturated rings. The van der Waals surface area contributed by atoms with E-state index in [1.165, 1.54) is 6.07 Å². The van der Waals surface area contributed by atoms with E-state index in [2.05, 4.69) is 14.8 Å². The van der Waals surface area contributed by atoms with Crippen LogP contribution < -0.4 is 14.4 Å². The van der Waals surface area contributed by atoms with Crippen LogP contribution >= 0.6 is 11.6 Å². The molecule has 1 aliphatic rings. The van der Waals surface area contributed by atoms with E-state index in [0.717, 1.165) is 38.3 Å². The summed E-state index contributed by atoms with van der Waals surface area (Å²) in [6.07, 6.45) is 1.51. The van der Waals surface area contributed by atoms with Crippen molar-refractivity contribution in [2.45, 2.75) is 33.1 Å². The number of halogens is 2. The topological polar surface area (TPSA) is 64.1 Å². The van der Waals surface area contributed by atoms with Crippen LogP contribution in [-0.4, -0.2) is 55.2 Å². The third kappa shape index (κ3) is 6.70. The number of rotatable bonds is 9. The first kappa shape index (κ1) is 26.7. The lowest BCUT2D eigenvalue weighted by Gasteiger charge is -2.36. The number of carbonyl (C=O) groups is 1. The number of hydrogen-bond acceptors (Lipinski definition) is 7. The van der Waals surface area contributed by atoms with Crippen LogP contribution in [0.4, 0.5) is 10.2 Å². The van der Waals surface area contributed by atoms with Gasteiger partial charge < -0.3 is 19.1 Å². The molecule has 0 atom stereocenters. The van der Waals surface area contributed by atoms with Crippen molar-refractivity contribution in [1.82, 2.24) is 9.88 Å². The average molecular weight is 528 g/mol.